The summed E-state index contributed by atoms with van der Waals surface area (Å²) in [6, 6.07) is 58.5. The standard InChI is InChI=1S/C49H36N2O/c1-3-4-5-16-34(2)35-17-14-19-37(31-35)50(39-29-30-44-43-24-9-13-28-48(43)52-49(44)33-39)45-25-10-6-21-40(45)36-18-15-20-38(32-36)51-46-26-11-7-22-41(46)42-23-8-12-27-47(42)51/h3-33H,1H2,2H3/b5-4-,34-16+. The van der Waals surface area contributed by atoms with Crippen molar-refractivity contribution in [2.45, 2.75) is 6.92 Å². The fourth-order valence-electron chi connectivity index (χ4n) is 7.47. The second-order valence-corrected chi connectivity index (χ2v) is 13.1. The number of anilines is 3. The number of para-hydroxylation sites is 4. The first-order valence-corrected chi connectivity index (χ1v) is 17.6. The summed E-state index contributed by atoms with van der Waals surface area (Å²) in [6.45, 7) is 5.96. The number of furan rings is 1. The zero-order valence-corrected chi connectivity index (χ0v) is 28.9. The highest BCUT2D eigenvalue weighted by Gasteiger charge is 2.20. The normalized spacial score (nSPS) is 12.1. The molecule has 3 nitrogen and oxygen atoms in total. The van der Waals surface area contributed by atoms with Gasteiger partial charge in [-0.1, -0.05) is 128 Å². The minimum absolute atomic E-state index is 0.858. The fourth-order valence-corrected chi connectivity index (χ4v) is 7.47. The molecule has 0 fully saturated rings. The van der Waals surface area contributed by atoms with Gasteiger partial charge in [0.25, 0.3) is 0 Å². The molecular formula is C49H36N2O. The van der Waals surface area contributed by atoms with Crippen LogP contribution in [0, 0.1) is 0 Å². The van der Waals surface area contributed by atoms with Crippen molar-refractivity contribution < 1.29 is 4.42 Å². The molecule has 0 unspecified atom stereocenters. The summed E-state index contributed by atoms with van der Waals surface area (Å²) in [5.41, 5.74) is 13.0. The lowest BCUT2D eigenvalue weighted by molar-refractivity contribution is 0.669. The van der Waals surface area contributed by atoms with Crippen LogP contribution in [0.15, 0.2) is 199 Å². The Labute approximate surface area is 303 Å². The van der Waals surface area contributed by atoms with E-state index in [9.17, 15) is 0 Å². The van der Waals surface area contributed by atoms with Crippen molar-refractivity contribution >= 4 is 66.4 Å². The van der Waals surface area contributed by atoms with Crippen LogP contribution < -0.4 is 4.90 Å². The van der Waals surface area contributed by atoms with Crippen molar-refractivity contribution in [2.75, 3.05) is 4.90 Å². The molecule has 0 amide bonds. The maximum absolute atomic E-state index is 6.42. The van der Waals surface area contributed by atoms with Gasteiger partial charge < -0.3 is 13.9 Å². The van der Waals surface area contributed by atoms with Crippen LogP contribution in [0.3, 0.4) is 0 Å². The van der Waals surface area contributed by atoms with Crippen LogP contribution >= 0.6 is 0 Å². The quantitative estimate of drug-likeness (QED) is 0.150. The molecule has 9 aromatic rings. The van der Waals surface area contributed by atoms with E-state index in [-0.39, 0.29) is 0 Å². The second kappa shape index (κ2) is 13.1. The number of allylic oxidation sites excluding steroid dienone is 5. The number of benzene rings is 7. The average Bonchev–Trinajstić information content (AvgIpc) is 3.74. The predicted molar refractivity (Wildman–Crippen MR) is 221 cm³/mol. The number of hydrogen-bond donors (Lipinski definition) is 0. The van der Waals surface area contributed by atoms with Crippen molar-refractivity contribution in [2.24, 2.45) is 0 Å². The molecular weight excluding hydrogens is 633 g/mol. The van der Waals surface area contributed by atoms with Crippen LogP contribution in [0.4, 0.5) is 17.1 Å². The third kappa shape index (κ3) is 5.40. The van der Waals surface area contributed by atoms with Gasteiger partial charge in [0.15, 0.2) is 0 Å². The smallest absolute Gasteiger partial charge is 0.137 e. The summed E-state index contributed by atoms with van der Waals surface area (Å²) in [5, 5.41) is 4.72. The third-order valence-electron chi connectivity index (χ3n) is 9.91. The van der Waals surface area contributed by atoms with Crippen LogP contribution in [0.25, 0.3) is 66.1 Å². The summed E-state index contributed by atoms with van der Waals surface area (Å²) >= 11 is 0. The van der Waals surface area contributed by atoms with Gasteiger partial charge >= 0.3 is 0 Å². The van der Waals surface area contributed by atoms with Gasteiger partial charge in [0, 0.05) is 50.2 Å². The molecule has 2 aromatic heterocycles. The highest BCUT2D eigenvalue weighted by Crippen LogP contribution is 2.44. The largest absolute Gasteiger partial charge is 0.456 e. The molecule has 0 atom stereocenters. The van der Waals surface area contributed by atoms with E-state index in [1.165, 1.54) is 27.4 Å². The molecule has 0 radical (unpaired) electrons. The van der Waals surface area contributed by atoms with E-state index < -0.39 is 0 Å². The molecule has 0 saturated carbocycles. The van der Waals surface area contributed by atoms with Gasteiger partial charge in [0.05, 0.1) is 16.7 Å². The van der Waals surface area contributed by atoms with E-state index in [4.69, 9.17) is 4.42 Å². The van der Waals surface area contributed by atoms with Crippen molar-refractivity contribution in [1.29, 1.82) is 0 Å². The minimum Gasteiger partial charge on any atom is -0.456 e. The molecule has 0 N–H and O–H groups in total. The number of aromatic nitrogens is 1. The molecule has 7 aromatic carbocycles. The van der Waals surface area contributed by atoms with Crippen molar-refractivity contribution in [1.82, 2.24) is 4.57 Å². The zero-order valence-electron chi connectivity index (χ0n) is 28.9. The van der Waals surface area contributed by atoms with Crippen molar-refractivity contribution in [3.63, 3.8) is 0 Å². The molecule has 2 heterocycles. The van der Waals surface area contributed by atoms with E-state index >= 15 is 0 Å². The molecule has 248 valence electrons. The van der Waals surface area contributed by atoms with Gasteiger partial charge in [0.1, 0.15) is 11.2 Å². The van der Waals surface area contributed by atoms with E-state index in [2.05, 4.69) is 181 Å². The summed E-state index contributed by atoms with van der Waals surface area (Å²) < 4.78 is 8.80. The zero-order chi connectivity index (χ0) is 35.0. The summed E-state index contributed by atoms with van der Waals surface area (Å²) in [5.74, 6) is 0. The predicted octanol–water partition coefficient (Wildman–Crippen LogP) is 14.0. The summed E-state index contributed by atoms with van der Waals surface area (Å²) in [4.78, 5) is 2.35. The van der Waals surface area contributed by atoms with Crippen LogP contribution in [0.5, 0.6) is 0 Å². The molecule has 9 rings (SSSR count). The highest BCUT2D eigenvalue weighted by molar-refractivity contribution is 6.09. The Morgan fingerprint density at radius 2 is 1.25 bits per heavy atom. The van der Waals surface area contributed by atoms with Crippen LogP contribution in [-0.4, -0.2) is 4.57 Å². The van der Waals surface area contributed by atoms with Crippen LogP contribution in [0.1, 0.15) is 12.5 Å². The number of fused-ring (bicyclic) bond motifs is 6. The van der Waals surface area contributed by atoms with Gasteiger partial charge in [-0.25, -0.2) is 0 Å². The Balaban J connectivity index is 1.24. The fraction of sp³-hybridized carbons (Fsp3) is 0.0204. The number of nitrogens with zero attached hydrogens (tertiary/aromatic N) is 2. The molecule has 52 heavy (non-hydrogen) atoms. The van der Waals surface area contributed by atoms with E-state index in [1.54, 1.807) is 6.08 Å². The molecule has 0 bridgehead atoms. The van der Waals surface area contributed by atoms with Crippen LogP contribution in [-0.2, 0) is 0 Å². The Kier molecular flexibility index (Phi) is 7.87. The van der Waals surface area contributed by atoms with Gasteiger partial charge in [-0.3, -0.25) is 0 Å². The van der Waals surface area contributed by atoms with E-state index in [0.717, 1.165) is 61.4 Å². The molecule has 3 heteroatoms. The Morgan fingerprint density at radius 3 is 2.06 bits per heavy atom. The Morgan fingerprint density at radius 1 is 0.577 bits per heavy atom. The lowest BCUT2D eigenvalue weighted by Crippen LogP contribution is -2.11. The van der Waals surface area contributed by atoms with Crippen LogP contribution in [0.2, 0.25) is 0 Å². The first-order valence-electron chi connectivity index (χ1n) is 17.6. The highest BCUT2D eigenvalue weighted by atomic mass is 16.3. The van der Waals surface area contributed by atoms with Crippen molar-refractivity contribution in [3.8, 4) is 16.8 Å². The first-order chi connectivity index (χ1) is 25.7. The number of hydrogen-bond acceptors (Lipinski definition) is 2. The lowest BCUT2D eigenvalue weighted by Gasteiger charge is -2.28. The first kappa shape index (κ1) is 31.2. The molecule has 0 aliphatic rings. The van der Waals surface area contributed by atoms with Crippen molar-refractivity contribution in [3.05, 3.63) is 200 Å². The van der Waals surface area contributed by atoms with E-state index in [1.807, 2.05) is 24.3 Å². The molecule has 0 saturated heterocycles. The monoisotopic (exact) mass is 668 g/mol. The lowest BCUT2D eigenvalue weighted by atomic mass is 10.00. The molecule has 0 aliphatic heterocycles. The summed E-state index contributed by atoms with van der Waals surface area (Å²) in [6.07, 6.45) is 7.90. The maximum atomic E-state index is 6.42. The van der Waals surface area contributed by atoms with Gasteiger partial charge in [-0.2, -0.15) is 0 Å². The second-order valence-electron chi connectivity index (χ2n) is 13.1. The third-order valence-corrected chi connectivity index (χ3v) is 9.91. The average molecular weight is 669 g/mol. The summed E-state index contributed by atoms with van der Waals surface area (Å²) in [7, 11) is 0. The van der Waals surface area contributed by atoms with E-state index in [0.29, 0.717) is 0 Å². The minimum atomic E-state index is 0.858. The van der Waals surface area contributed by atoms with Gasteiger partial charge in [-0.05, 0) is 84.3 Å². The SMILES string of the molecule is C=C/C=C\C=C(/C)c1cccc(N(c2ccc3c(c2)oc2ccccc23)c2ccccc2-c2cccc(-n3c4ccccc4c4ccccc43)c2)c1. The van der Waals surface area contributed by atoms with Gasteiger partial charge in [0.2, 0.25) is 0 Å². The number of rotatable bonds is 8. The Hall–Kier alpha value is -6.84. The van der Waals surface area contributed by atoms with Gasteiger partial charge in [-0.15, -0.1) is 0 Å². The molecule has 0 aliphatic carbocycles. The molecule has 0 spiro atoms. The topological polar surface area (TPSA) is 21.3 Å². The maximum Gasteiger partial charge on any atom is 0.137 e. The Bertz CT molecular complexity index is 2790.